The number of hydrogen-bond donors (Lipinski definition) is 2. The first kappa shape index (κ1) is 23.4. The van der Waals surface area contributed by atoms with E-state index in [9.17, 15) is 22.8 Å². The first-order valence-corrected chi connectivity index (χ1v) is 12.8. The number of rotatable bonds is 7. The third-order valence-corrected chi connectivity index (χ3v) is 8.43. The Morgan fingerprint density at radius 3 is 2.37 bits per heavy atom. The molecule has 2 aliphatic carbocycles. The van der Waals surface area contributed by atoms with E-state index in [1.165, 1.54) is 25.3 Å². The van der Waals surface area contributed by atoms with Gasteiger partial charge in [0.05, 0.1) is 40.2 Å². The van der Waals surface area contributed by atoms with Crippen LogP contribution in [0.25, 0.3) is 0 Å². The molecule has 2 N–H and O–H groups in total. The number of amides is 3. The highest BCUT2D eigenvalue weighted by atomic mass is 35.5. The number of imide groups is 1. The van der Waals surface area contributed by atoms with Gasteiger partial charge in [-0.2, -0.15) is 0 Å². The predicted octanol–water partition coefficient (Wildman–Crippen LogP) is 2.90. The van der Waals surface area contributed by atoms with Gasteiger partial charge < -0.3 is 10.1 Å². The van der Waals surface area contributed by atoms with Gasteiger partial charge in [-0.25, -0.2) is 8.42 Å². The molecule has 0 aromatic heterocycles. The molecular weight excluding hydrogens is 494 g/mol. The van der Waals surface area contributed by atoms with E-state index >= 15 is 0 Å². The van der Waals surface area contributed by atoms with Crippen LogP contribution in [0.15, 0.2) is 59.5 Å². The maximum atomic E-state index is 12.9. The van der Waals surface area contributed by atoms with Gasteiger partial charge in [0.1, 0.15) is 12.3 Å². The van der Waals surface area contributed by atoms with E-state index in [2.05, 4.69) is 10.0 Å². The van der Waals surface area contributed by atoms with Crippen LogP contribution < -0.4 is 14.8 Å². The van der Waals surface area contributed by atoms with Crippen molar-refractivity contribution in [2.75, 3.05) is 23.7 Å². The number of sulfonamides is 1. The van der Waals surface area contributed by atoms with Crippen LogP contribution in [0.3, 0.4) is 0 Å². The summed E-state index contributed by atoms with van der Waals surface area (Å²) in [7, 11) is -2.62. The van der Waals surface area contributed by atoms with Crippen molar-refractivity contribution in [3.8, 4) is 5.75 Å². The minimum absolute atomic E-state index is 0.0422. The Kier molecular flexibility index (Phi) is 5.80. The lowest BCUT2D eigenvalue weighted by molar-refractivity contribution is -0.143. The summed E-state index contributed by atoms with van der Waals surface area (Å²) in [6, 6.07) is 10.4. The minimum Gasteiger partial charge on any atom is -0.495 e. The quantitative estimate of drug-likeness (QED) is 0.432. The lowest BCUT2D eigenvalue weighted by Gasteiger charge is -2.17. The molecule has 2 bridgehead atoms. The fraction of sp³-hybridized carbons (Fsp3) is 0.292. The Bertz CT molecular complexity index is 1350. The maximum Gasteiger partial charge on any atom is 0.262 e. The summed E-state index contributed by atoms with van der Waals surface area (Å²) in [6.45, 7) is -0.461. The minimum atomic E-state index is -4.04. The Morgan fingerprint density at radius 2 is 1.71 bits per heavy atom. The highest BCUT2D eigenvalue weighted by Gasteiger charge is 2.59. The molecule has 3 aliphatic rings. The van der Waals surface area contributed by atoms with Crippen molar-refractivity contribution in [3.63, 3.8) is 0 Å². The number of hydrogen-bond acceptors (Lipinski definition) is 6. The Balaban J connectivity index is 1.31. The zero-order chi connectivity index (χ0) is 24.9. The number of para-hydroxylation sites is 2. The van der Waals surface area contributed by atoms with E-state index in [1.807, 2.05) is 12.2 Å². The van der Waals surface area contributed by atoms with Crippen molar-refractivity contribution in [2.24, 2.45) is 23.7 Å². The fourth-order valence-corrected chi connectivity index (χ4v) is 6.41. The van der Waals surface area contributed by atoms with Crippen molar-refractivity contribution in [1.82, 2.24) is 4.90 Å². The number of nitrogens with zero attached hydrogens (tertiary/aromatic N) is 1. The van der Waals surface area contributed by atoms with Gasteiger partial charge in [-0.1, -0.05) is 35.9 Å². The summed E-state index contributed by atoms with van der Waals surface area (Å²) in [5.74, 6) is -1.70. The summed E-state index contributed by atoms with van der Waals surface area (Å²) in [4.78, 5) is 39.2. The molecule has 0 unspecified atom stereocenters. The number of anilines is 2. The second kappa shape index (κ2) is 8.69. The molecule has 182 valence electrons. The number of methoxy groups -OCH3 is 1. The van der Waals surface area contributed by atoms with Gasteiger partial charge in [0, 0.05) is 0 Å². The second-order valence-corrected chi connectivity index (χ2v) is 10.8. The van der Waals surface area contributed by atoms with Gasteiger partial charge in [-0.15, -0.1) is 0 Å². The molecule has 11 heteroatoms. The van der Waals surface area contributed by atoms with Gasteiger partial charge in [-0.3, -0.25) is 24.0 Å². The van der Waals surface area contributed by atoms with E-state index < -0.39 is 34.3 Å². The lowest BCUT2D eigenvalue weighted by atomic mass is 9.85. The average Bonchev–Trinajstić information content (AvgIpc) is 3.51. The highest BCUT2D eigenvalue weighted by Crippen LogP contribution is 2.52. The van der Waals surface area contributed by atoms with Crippen molar-refractivity contribution in [1.29, 1.82) is 0 Å². The van der Waals surface area contributed by atoms with Gasteiger partial charge in [0.2, 0.25) is 17.7 Å². The van der Waals surface area contributed by atoms with E-state index in [0.29, 0.717) is 5.75 Å². The molecule has 1 saturated carbocycles. The molecule has 9 nitrogen and oxygen atoms in total. The normalized spacial score (nSPS) is 24.6. The first-order valence-electron chi connectivity index (χ1n) is 11.0. The Hall–Kier alpha value is -3.37. The second-order valence-electron chi connectivity index (χ2n) is 8.76. The van der Waals surface area contributed by atoms with Crippen LogP contribution in [0.1, 0.15) is 6.42 Å². The fourth-order valence-electron chi connectivity index (χ4n) is 5.15. The van der Waals surface area contributed by atoms with E-state index in [1.54, 1.807) is 24.3 Å². The number of ether oxygens (including phenoxy) is 1. The van der Waals surface area contributed by atoms with Crippen LogP contribution in [0.5, 0.6) is 5.75 Å². The van der Waals surface area contributed by atoms with Crippen molar-refractivity contribution >= 4 is 50.7 Å². The molecular formula is C24H22ClN3O6S. The molecule has 2 aromatic rings. The number of allylic oxidation sites excluding steroid dienone is 2. The number of likely N-dealkylation sites (tertiary alicyclic amines) is 1. The maximum absolute atomic E-state index is 12.9. The van der Waals surface area contributed by atoms with Crippen molar-refractivity contribution in [2.45, 2.75) is 11.3 Å². The first-order chi connectivity index (χ1) is 16.7. The Morgan fingerprint density at radius 1 is 1.06 bits per heavy atom. The number of halogens is 1. The van der Waals surface area contributed by atoms with Gasteiger partial charge >= 0.3 is 0 Å². The van der Waals surface area contributed by atoms with Gasteiger partial charge in [0.15, 0.2) is 0 Å². The largest absolute Gasteiger partial charge is 0.495 e. The molecule has 2 aromatic carbocycles. The smallest absolute Gasteiger partial charge is 0.262 e. The number of nitrogens with one attached hydrogen (secondary N) is 2. The molecule has 5 rings (SSSR count). The molecule has 0 spiro atoms. The zero-order valence-corrected chi connectivity index (χ0v) is 20.2. The number of carbonyl (C=O) groups is 3. The molecule has 35 heavy (non-hydrogen) atoms. The van der Waals surface area contributed by atoms with E-state index in [0.717, 1.165) is 11.3 Å². The van der Waals surface area contributed by atoms with Crippen LogP contribution in [-0.4, -0.2) is 44.7 Å². The summed E-state index contributed by atoms with van der Waals surface area (Å²) in [6.07, 6.45) is 4.75. The topological polar surface area (TPSA) is 122 Å². The molecule has 1 aliphatic heterocycles. The van der Waals surface area contributed by atoms with Crippen LogP contribution in [-0.2, 0) is 24.4 Å². The third-order valence-electron chi connectivity index (χ3n) is 6.74. The SMILES string of the molecule is COc1ccccc1NS(=O)(=O)c1ccc(Cl)c(NC(=O)CN2C(=O)[C@@H]3[C@@H](C2=O)[C@H]2C=C[C@H]3C2)c1. The number of benzene rings is 2. The van der Waals surface area contributed by atoms with Crippen molar-refractivity contribution in [3.05, 3.63) is 59.6 Å². The number of fused-ring (bicyclic) bond motifs is 5. The Labute approximate surface area is 207 Å². The summed E-state index contributed by atoms with van der Waals surface area (Å²) in [5.41, 5.74) is 0.288. The van der Waals surface area contributed by atoms with Crippen molar-refractivity contribution < 1.29 is 27.5 Å². The van der Waals surface area contributed by atoms with Crippen LogP contribution in [0.4, 0.5) is 11.4 Å². The van der Waals surface area contributed by atoms with Gasteiger partial charge in [0.25, 0.3) is 10.0 Å². The molecule has 3 amide bonds. The highest BCUT2D eigenvalue weighted by molar-refractivity contribution is 7.92. The van der Waals surface area contributed by atoms with E-state index in [4.69, 9.17) is 16.3 Å². The van der Waals surface area contributed by atoms with Crippen LogP contribution >= 0.6 is 11.6 Å². The van der Waals surface area contributed by atoms with Crippen LogP contribution in [0, 0.1) is 23.7 Å². The third kappa shape index (κ3) is 4.06. The predicted molar refractivity (Wildman–Crippen MR) is 128 cm³/mol. The number of carbonyl (C=O) groups excluding carboxylic acids is 3. The molecule has 2 fully saturated rings. The molecule has 1 saturated heterocycles. The van der Waals surface area contributed by atoms with Crippen LogP contribution in [0.2, 0.25) is 5.02 Å². The summed E-state index contributed by atoms with van der Waals surface area (Å²) in [5, 5.41) is 2.64. The standard InChI is InChI=1S/C24H22ClN3O6S/c1-34-19-5-3-2-4-17(19)27-35(32,33)15-8-9-16(25)18(11-15)26-20(29)12-28-23(30)21-13-6-7-14(10-13)22(21)24(28)31/h2-9,11,13-14,21-22,27H,10,12H2,1H3,(H,26,29)/t13-,14-,21-,22-/m0/s1. The summed E-state index contributed by atoms with van der Waals surface area (Å²) < 4.78 is 33.5. The summed E-state index contributed by atoms with van der Waals surface area (Å²) >= 11 is 6.19. The zero-order valence-electron chi connectivity index (χ0n) is 18.6. The van der Waals surface area contributed by atoms with E-state index in [-0.39, 0.29) is 44.9 Å². The lowest BCUT2D eigenvalue weighted by Crippen LogP contribution is -2.39. The van der Waals surface area contributed by atoms with Gasteiger partial charge in [-0.05, 0) is 48.6 Å². The monoisotopic (exact) mass is 515 g/mol. The average molecular weight is 516 g/mol. The molecule has 1 heterocycles. The molecule has 4 atom stereocenters. The molecule has 0 radical (unpaired) electrons.